The summed E-state index contributed by atoms with van der Waals surface area (Å²) in [5.74, 6) is 0.616. The number of benzene rings is 2. The molecule has 44 heavy (non-hydrogen) atoms. The van der Waals surface area contributed by atoms with Crippen LogP contribution in [0, 0.1) is 19.7 Å². The minimum Gasteiger partial charge on any atom is -0.380 e. The van der Waals surface area contributed by atoms with Gasteiger partial charge in [0.2, 0.25) is 11.9 Å². The van der Waals surface area contributed by atoms with E-state index in [1.54, 1.807) is 6.07 Å². The van der Waals surface area contributed by atoms with E-state index in [-0.39, 0.29) is 29.3 Å². The molecule has 1 amide bonds. The standard InChI is InChI=1S/C32H39FN8O3/c1-6-24(42)40-16-21(5)41(17-20(40)4)31-22-15-19(3)26(25-18(2)7-8-23-27(25)30(34)38-44-23)28(33)29(22)36-32(37-31)35-9-10-39-11-13-43-14-12-39/h6-8,15,20-21H,1,9-14,16-17H2,2-5H3,(H2,34,38)(H,35,36,37)/t20-,21+/m1/s1. The number of piperazine rings is 1. The molecule has 232 valence electrons. The zero-order valence-electron chi connectivity index (χ0n) is 25.7. The maximum absolute atomic E-state index is 17.0. The highest BCUT2D eigenvalue weighted by atomic mass is 19.1. The van der Waals surface area contributed by atoms with E-state index < -0.39 is 5.82 Å². The highest BCUT2D eigenvalue weighted by molar-refractivity contribution is 6.05. The maximum Gasteiger partial charge on any atom is 0.246 e. The fourth-order valence-corrected chi connectivity index (χ4v) is 6.42. The minimum atomic E-state index is -0.461. The van der Waals surface area contributed by atoms with Crippen LogP contribution in [0.2, 0.25) is 0 Å². The second-order valence-electron chi connectivity index (χ2n) is 11.8. The number of hydrogen-bond acceptors (Lipinski definition) is 10. The molecule has 2 saturated heterocycles. The lowest BCUT2D eigenvalue weighted by atomic mass is 9.91. The Kier molecular flexibility index (Phi) is 8.12. The molecule has 0 spiro atoms. The Hall–Kier alpha value is -4.29. The predicted molar refractivity (Wildman–Crippen MR) is 170 cm³/mol. The highest BCUT2D eigenvalue weighted by Crippen LogP contribution is 2.42. The van der Waals surface area contributed by atoms with Gasteiger partial charge in [-0.2, -0.15) is 4.98 Å². The van der Waals surface area contributed by atoms with Crippen molar-refractivity contribution >= 4 is 45.4 Å². The highest BCUT2D eigenvalue weighted by Gasteiger charge is 2.34. The number of morpholine rings is 1. The Labute approximate surface area is 255 Å². The molecule has 6 rings (SSSR count). The van der Waals surface area contributed by atoms with E-state index in [0.717, 1.165) is 25.2 Å². The molecule has 4 aromatic rings. The van der Waals surface area contributed by atoms with E-state index in [4.69, 9.17) is 25.0 Å². The van der Waals surface area contributed by atoms with Gasteiger partial charge in [0.1, 0.15) is 11.3 Å². The summed E-state index contributed by atoms with van der Waals surface area (Å²) in [6.45, 7) is 17.1. The molecule has 0 saturated carbocycles. The molecule has 2 fully saturated rings. The number of nitrogens with two attached hydrogens (primary N) is 1. The van der Waals surface area contributed by atoms with Crippen molar-refractivity contribution in [2.24, 2.45) is 0 Å². The molecule has 0 bridgehead atoms. The summed E-state index contributed by atoms with van der Waals surface area (Å²) < 4.78 is 27.9. The quantitative estimate of drug-likeness (QED) is 0.298. The summed E-state index contributed by atoms with van der Waals surface area (Å²) in [6.07, 6.45) is 1.35. The van der Waals surface area contributed by atoms with Crippen LogP contribution in [0.1, 0.15) is 25.0 Å². The van der Waals surface area contributed by atoms with Gasteiger partial charge in [-0.3, -0.25) is 9.69 Å². The summed E-state index contributed by atoms with van der Waals surface area (Å²) in [5.41, 5.74) is 9.51. The number of aryl methyl sites for hydroxylation is 2. The Morgan fingerprint density at radius 2 is 1.91 bits per heavy atom. The largest absolute Gasteiger partial charge is 0.380 e. The topological polar surface area (TPSA) is 126 Å². The number of ether oxygens (including phenoxy) is 1. The number of nitrogens with zero attached hydrogens (tertiary/aromatic N) is 6. The lowest BCUT2D eigenvalue weighted by Gasteiger charge is -2.44. The van der Waals surface area contributed by atoms with Gasteiger partial charge in [-0.15, -0.1) is 0 Å². The summed E-state index contributed by atoms with van der Waals surface area (Å²) in [6, 6.07) is 5.44. The molecule has 4 heterocycles. The first kappa shape index (κ1) is 29.8. The average Bonchev–Trinajstić information content (AvgIpc) is 3.39. The van der Waals surface area contributed by atoms with Crippen molar-refractivity contribution in [3.63, 3.8) is 0 Å². The van der Waals surface area contributed by atoms with E-state index in [0.29, 0.717) is 77.7 Å². The van der Waals surface area contributed by atoms with Crippen LogP contribution in [0.3, 0.4) is 0 Å². The molecule has 3 N–H and O–H groups in total. The van der Waals surface area contributed by atoms with Gasteiger partial charge in [0.15, 0.2) is 17.2 Å². The van der Waals surface area contributed by atoms with Crippen molar-refractivity contribution in [3.05, 3.63) is 47.8 Å². The SMILES string of the molecule is C=CC(=O)N1C[C@H](C)N(c2nc(NCCN3CCOCC3)nc3c(F)c(-c4c(C)ccc5onc(N)c45)c(C)cc23)C[C@H]1C. The Morgan fingerprint density at radius 1 is 1.14 bits per heavy atom. The van der Waals surface area contributed by atoms with Crippen LogP contribution in [0.5, 0.6) is 0 Å². The van der Waals surface area contributed by atoms with Crippen LogP contribution in [-0.2, 0) is 9.53 Å². The number of nitrogen functional groups attached to an aromatic ring is 1. The number of anilines is 3. The average molecular weight is 603 g/mol. The molecule has 0 unspecified atom stereocenters. The third-order valence-corrected chi connectivity index (χ3v) is 8.76. The molecule has 2 aliphatic rings. The molecule has 0 radical (unpaired) electrons. The molecular weight excluding hydrogens is 563 g/mol. The normalized spacial score (nSPS) is 19.6. The van der Waals surface area contributed by atoms with E-state index in [2.05, 4.69) is 26.9 Å². The first-order valence-corrected chi connectivity index (χ1v) is 15.1. The van der Waals surface area contributed by atoms with E-state index >= 15 is 4.39 Å². The third kappa shape index (κ3) is 5.32. The van der Waals surface area contributed by atoms with Crippen LogP contribution in [0.25, 0.3) is 33.0 Å². The molecule has 2 aliphatic heterocycles. The van der Waals surface area contributed by atoms with Gasteiger partial charge < -0.3 is 30.1 Å². The first-order valence-electron chi connectivity index (χ1n) is 15.1. The summed E-state index contributed by atoms with van der Waals surface area (Å²) in [4.78, 5) is 28.5. The van der Waals surface area contributed by atoms with E-state index in [1.807, 2.05) is 44.7 Å². The third-order valence-electron chi connectivity index (χ3n) is 8.76. The van der Waals surface area contributed by atoms with Gasteiger partial charge in [-0.25, -0.2) is 9.37 Å². The number of carbonyl (C=O) groups excluding carboxylic acids is 1. The number of aromatic nitrogens is 3. The summed E-state index contributed by atoms with van der Waals surface area (Å²) in [5, 5.41) is 8.47. The monoisotopic (exact) mass is 602 g/mol. The molecule has 12 heteroatoms. The lowest BCUT2D eigenvalue weighted by molar-refractivity contribution is -0.128. The molecule has 2 aromatic carbocycles. The van der Waals surface area contributed by atoms with Crippen LogP contribution < -0.4 is 16.0 Å². The molecular formula is C32H39FN8O3. The van der Waals surface area contributed by atoms with Gasteiger partial charge in [0.25, 0.3) is 0 Å². The minimum absolute atomic E-state index is 0.0785. The van der Waals surface area contributed by atoms with Gasteiger partial charge >= 0.3 is 0 Å². The van der Waals surface area contributed by atoms with Gasteiger partial charge in [-0.05, 0) is 57.0 Å². The number of rotatable bonds is 7. The van der Waals surface area contributed by atoms with Crippen molar-refractivity contribution < 1.29 is 18.4 Å². The van der Waals surface area contributed by atoms with Crippen molar-refractivity contribution in [1.29, 1.82) is 0 Å². The van der Waals surface area contributed by atoms with Gasteiger partial charge in [-0.1, -0.05) is 17.8 Å². The number of carbonyl (C=O) groups is 1. The molecule has 2 atom stereocenters. The first-order chi connectivity index (χ1) is 21.2. The fraction of sp³-hybridized carbons (Fsp3) is 0.438. The van der Waals surface area contributed by atoms with Crippen molar-refractivity contribution in [2.75, 3.05) is 68.4 Å². The predicted octanol–water partition coefficient (Wildman–Crippen LogP) is 4.13. The van der Waals surface area contributed by atoms with Crippen LogP contribution in [-0.4, -0.2) is 95.4 Å². The number of halogens is 1. The second-order valence-corrected chi connectivity index (χ2v) is 11.8. The van der Waals surface area contributed by atoms with Crippen LogP contribution >= 0.6 is 0 Å². The zero-order valence-corrected chi connectivity index (χ0v) is 25.7. The Balaban J connectivity index is 1.47. The van der Waals surface area contributed by atoms with Gasteiger partial charge in [0, 0.05) is 67.9 Å². The molecule has 11 nitrogen and oxygen atoms in total. The van der Waals surface area contributed by atoms with Crippen LogP contribution in [0.15, 0.2) is 35.4 Å². The van der Waals surface area contributed by atoms with Crippen LogP contribution in [0.4, 0.5) is 22.0 Å². The number of fused-ring (bicyclic) bond motifs is 2. The molecule has 0 aliphatic carbocycles. The number of hydrogen-bond donors (Lipinski definition) is 2. The zero-order chi connectivity index (χ0) is 31.1. The van der Waals surface area contributed by atoms with Crippen molar-refractivity contribution in [2.45, 2.75) is 39.8 Å². The fourth-order valence-electron chi connectivity index (χ4n) is 6.42. The summed E-state index contributed by atoms with van der Waals surface area (Å²) in [7, 11) is 0. The molecule has 2 aromatic heterocycles. The van der Waals surface area contributed by atoms with E-state index in [1.165, 1.54) is 6.08 Å². The van der Waals surface area contributed by atoms with E-state index in [9.17, 15) is 4.79 Å². The van der Waals surface area contributed by atoms with Gasteiger partial charge in [0.05, 0.1) is 18.6 Å². The van der Waals surface area contributed by atoms with Crippen molar-refractivity contribution in [1.82, 2.24) is 24.9 Å². The Bertz CT molecular complexity index is 1730. The number of nitrogens with one attached hydrogen (secondary N) is 1. The lowest BCUT2D eigenvalue weighted by Crippen LogP contribution is -2.58. The maximum atomic E-state index is 17.0. The smallest absolute Gasteiger partial charge is 0.246 e. The Morgan fingerprint density at radius 3 is 2.66 bits per heavy atom. The summed E-state index contributed by atoms with van der Waals surface area (Å²) >= 11 is 0. The second kappa shape index (κ2) is 12.0. The number of amides is 1. The van der Waals surface area contributed by atoms with Crippen molar-refractivity contribution in [3.8, 4) is 11.1 Å².